The molecule has 1 aliphatic heterocycles. The number of carbonyl (C=O) groups excluding carboxylic acids is 2. The van der Waals surface area contributed by atoms with Gasteiger partial charge < -0.3 is 14.3 Å². The van der Waals surface area contributed by atoms with E-state index in [1.165, 1.54) is 0 Å². The predicted octanol–water partition coefficient (Wildman–Crippen LogP) is 5.17. The lowest BCUT2D eigenvalue weighted by molar-refractivity contribution is -0.117. The zero-order chi connectivity index (χ0) is 21.4. The maximum atomic E-state index is 13.2. The van der Waals surface area contributed by atoms with Gasteiger partial charge in [-0.05, 0) is 56.2 Å². The number of aromatic nitrogens is 1. The highest BCUT2D eigenvalue weighted by Gasteiger charge is 2.38. The highest BCUT2D eigenvalue weighted by Crippen LogP contribution is 2.42. The minimum atomic E-state index is -0.241. The lowest BCUT2D eigenvalue weighted by Crippen LogP contribution is -2.47. The van der Waals surface area contributed by atoms with E-state index in [1.54, 1.807) is 41.8 Å². The Hall–Kier alpha value is -3.12. The molecule has 6 nitrogen and oxygen atoms in total. The van der Waals surface area contributed by atoms with Gasteiger partial charge in [-0.1, -0.05) is 35.0 Å². The summed E-state index contributed by atoms with van der Waals surface area (Å²) in [5, 5.41) is 4.45. The van der Waals surface area contributed by atoms with Gasteiger partial charge in [0.05, 0.1) is 11.7 Å². The van der Waals surface area contributed by atoms with E-state index in [-0.39, 0.29) is 29.7 Å². The van der Waals surface area contributed by atoms with Crippen molar-refractivity contribution < 1.29 is 14.1 Å². The number of benzene rings is 2. The number of anilines is 2. The summed E-state index contributed by atoms with van der Waals surface area (Å²) in [5.41, 5.74) is 3.09. The molecule has 4 rings (SSSR count). The molecule has 0 fully saturated rings. The third-order valence-electron chi connectivity index (χ3n) is 5.37. The summed E-state index contributed by atoms with van der Waals surface area (Å²) in [6.07, 6.45) is 0.581. The monoisotopic (exact) mass is 423 g/mol. The second-order valence-electron chi connectivity index (χ2n) is 7.53. The molecule has 2 heterocycles. The van der Waals surface area contributed by atoms with Gasteiger partial charge >= 0.3 is 0 Å². The normalized spacial score (nSPS) is 18.1. The first-order valence-electron chi connectivity index (χ1n) is 9.78. The zero-order valence-electron chi connectivity index (χ0n) is 17.0. The van der Waals surface area contributed by atoms with Gasteiger partial charge in [0.25, 0.3) is 5.91 Å². The molecule has 2 aromatic carbocycles. The number of hydrogen-bond donors (Lipinski definition) is 0. The second kappa shape index (κ2) is 7.95. The van der Waals surface area contributed by atoms with Gasteiger partial charge in [-0.2, -0.15) is 0 Å². The number of halogens is 1. The molecule has 1 unspecified atom stereocenters. The number of fused-ring (bicyclic) bond motifs is 1. The van der Waals surface area contributed by atoms with Crippen molar-refractivity contribution in [1.29, 1.82) is 0 Å². The fourth-order valence-corrected chi connectivity index (χ4v) is 4.23. The van der Waals surface area contributed by atoms with Gasteiger partial charge in [0.2, 0.25) is 11.7 Å². The molecule has 3 aromatic rings. The molecule has 0 N–H and O–H groups in total. The van der Waals surface area contributed by atoms with Crippen LogP contribution < -0.4 is 9.80 Å². The fraction of sp³-hybridized carbons (Fsp3) is 0.261. The molecule has 30 heavy (non-hydrogen) atoms. The van der Waals surface area contributed by atoms with Crippen LogP contribution in [0.1, 0.15) is 48.1 Å². The molecule has 0 saturated heterocycles. The molecule has 7 heteroatoms. The molecular weight excluding hydrogens is 402 g/mol. The average molecular weight is 424 g/mol. The first kappa shape index (κ1) is 20.2. The summed E-state index contributed by atoms with van der Waals surface area (Å²) in [4.78, 5) is 29.4. The van der Waals surface area contributed by atoms with Crippen LogP contribution in [0.15, 0.2) is 59.1 Å². The maximum absolute atomic E-state index is 13.2. The highest BCUT2D eigenvalue weighted by molar-refractivity contribution is 6.30. The summed E-state index contributed by atoms with van der Waals surface area (Å²) in [6, 6.07) is 16.2. The average Bonchev–Trinajstić information content (AvgIpc) is 3.15. The van der Waals surface area contributed by atoms with Crippen molar-refractivity contribution in [2.45, 2.75) is 39.3 Å². The van der Waals surface area contributed by atoms with Gasteiger partial charge in [-0.3, -0.25) is 9.59 Å². The minimum absolute atomic E-state index is 0.0741. The summed E-state index contributed by atoms with van der Waals surface area (Å²) >= 11 is 6.04. The molecule has 1 aliphatic rings. The van der Waals surface area contributed by atoms with Crippen LogP contribution in [0.2, 0.25) is 5.02 Å². The molecule has 0 bridgehead atoms. The van der Waals surface area contributed by atoms with Crippen molar-refractivity contribution in [3.05, 3.63) is 76.6 Å². The van der Waals surface area contributed by atoms with E-state index in [2.05, 4.69) is 5.16 Å². The molecular formula is C23H22ClN3O3. The van der Waals surface area contributed by atoms with Crippen LogP contribution in [0, 0.1) is 6.92 Å². The molecule has 154 valence electrons. The summed E-state index contributed by atoms with van der Waals surface area (Å²) < 4.78 is 5.22. The molecule has 2 amide bonds. The van der Waals surface area contributed by atoms with E-state index in [1.807, 2.05) is 43.3 Å². The van der Waals surface area contributed by atoms with Gasteiger partial charge in [0, 0.05) is 35.4 Å². The summed E-state index contributed by atoms with van der Waals surface area (Å²) in [7, 11) is 0. The number of hydrogen-bond acceptors (Lipinski definition) is 4. The first-order valence-corrected chi connectivity index (χ1v) is 10.2. The van der Waals surface area contributed by atoms with Crippen LogP contribution >= 0.6 is 11.6 Å². The SMILES string of the molecule is CC(=O)N(c1ccc(Cl)cc1)[C@H]1CC(C)N(C(=O)c2cc(C)no2)c2ccccc21. The first-order chi connectivity index (χ1) is 14.4. The lowest BCUT2D eigenvalue weighted by atomic mass is 9.89. The third-order valence-corrected chi connectivity index (χ3v) is 5.63. The minimum Gasteiger partial charge on any atom is -0.351 e. The molecule has 0 spiro atoms. The van der Waals surface area contributed by atoms with Gasteiger partial charge in [0.15, 0.2) is 0 Å². The van der Waals surface area contributed by atoms with Crippen LogP contribution in [-0.2, 0) is 4.79 Å². The van der Waals surface area contributed by atoms with Crippen molar-refractivity contribution in [2.75, 3.05) is 9.80 Å². The number of carbonyl (C=O) groups is 2. The molecule has 0 saturated carbocycles. The molecule has 2 atom stereocenters. The Labute approximate surface area is 180 Å². The Morgan fingerprint density at radius 2 is 1.87 bits per heavy atom. The number of aryl methyl sites for hydroxylation is 1. The van der Waals surface area contributed by atoms with Gasteiger partial charge in [0.1, 0.15) is 0 Å². The summed E-state index contributed by atoms with van der Waals surface area (Å²) in [6.45, 7) is 5.31. The second-order valence-corrected chi connectivity index (χ2v) is 7.97. The van der Waals surface area contributed by atoms with Crippen molar-refractivity contribution in [1.82, 2.24) is 5.16 Å². The molecule has 1 aromatic heterocycles. The Morgan fingerprint density at radius 3 is 2.50 bits per heavy atom. The third kappa shape index (κ3) is 3.59. The van der Waals surface area contributed by atoms with Crippen molar-refractivity contribution in [2.24, 2.45) is 0 Å². The van der Waals surface area contributed by atoms with Crippen LogP contribution in [0.4, 0.5) is 11.4 Å². The van der Waals surface area contributed by atoms with Crippen LogP contribution in [0.5, 0.6) is 0 Å². The van der Waals surface area contributed by atoms with E-state index in [4.69, 9.17) is 16.1 Å². The quantitative estimate of drug-likeness (QED) is 0.582. The predicted molar refractivity (Wildman–Crippen MR) is 116 cm³/mol. The molecule has 0 radical (unpaired) electrons. The van der Waals surface area contributed by atoms with E-state index in [0.717, 1.165) is 16.9 Å². The van der Waals surface area contributed by atoms with Crippen molar-refractivity contribution >= 4 is 34.8 Å². The zero-order valence-corrected chi connectivity index (χ0v) is 17.8. The van der Waals surface area contributed by atoms with E-state index in [9.17, 15) is 9.59 Å². The number of rotatable bonds is 3. The Balaban J connectivity index is 1.78. The van der Waals surface area contributed by atoms with Crippen molar-refractivity contribution in [3.8, 4) is 0 Å². The van der Waals surface area contributed by atoms with Gasteiger partial charge in [-0.15, -0.1) is 0 Å². The Morgan fingerprint density at radius 1 is 1.17 bits per heavy atom. The number of nitrogens with zero attached hydrogens (tertiary/aromatic N) is 3. The summed E-state index contributed by atoms with van der Waals surface area (Å²) in [5.74, 6) is -0.112. The Kier molecular flexibility index (Phi) is 5.35. The van der Waals surface area contributed by atoms with Crippen LogP contribution in [0.25, 0.3) is 0 Å². The van der Waals surface area contributed by atoms with Crippen molar-refractivity contribution in [3.63, 3.8) is 0 Å². The fourth-order valence-electron chi connectivity index (χ4n) is 4.10. The Bertz CT molecular complexity index is 1090. The standard InChI is InChI=1S/C23H22ClN3O3/c1-14-12-22(30-25-14)23(29)26-15(2)13-21(19-6-4-5-7-20(19)26)27(16(3)28)18-10-8-17(24)9-11-18/h4-12,15,21H,13H2,1-3H3/t15?,21-/m0/s1. The molecule has 0 aliphatic carbocycles. The largest absolute Gasteiger partial charge is 0.351 e. The van der Waals surface area contributed by atoms with Crippen LogP contribution in [0.3, 0.4) is 0 Å². The maximum Gasteiger partial charge on any atom is 0.297 e. The van der Waals surface area contributed by atoms with Crippen LogP contribution in [-0.4, -0.2) is 23.0 Å². The lowest BCUT2D eigenvalue weighted by Gasteiger charge is -2.43. The highest BCUT2D eigenvalue weighted by atomic mass is 35.5. The number of amides is 2. The van der Waals surface area contributed by atoms with Gasteiger partial charge in [-0.25, -0.2) is 0 Å². The topological polar surface area (TPSA) is 66.7 Å². The smallest absolute Gasteiger partial charge is 0.297 e. The number of para-hydroxylation sites is 1. The van der Waals surface area contributed by atoms with E-state index >= 15 is 0 Å². The van der Waals surface area contributed by atoms with E-state index < -0.39 is 0 Å². The van der Waals surface area contributed by atoms with E-state index in [0.29, 0.717) is 17.1 Å².